The van der Waals surface area contributed by atoms with Gasteiger partial charge in [0.1, 0.15) is 12.7 Å². The summed E-state index contributed by atoms with van der Waals surface area (Å²) in [6.45, 7) is 7.86. The van der Waals surface area contributed by atoms with E-state index in [-0.39, 0.29) is 17.9 Å². The second kappa shape index (κ2) is 7.73. The summed E-state index contributed by atoms with van der Waals surface area (Å²) in [5, 5.41) is 20.7. The Morgan fingerprint density at radius 1 is 1.34 bits per heavy atom. The van der Waals surface area contributed by atoms with Crippen LogP contribution < -0.4 is 0 Å². The zero-order chi connectivity index (χ0) is 21.4. The number of rotatable bonds is 5. The van der Waals surface area contributed by atoms with Crippen LogP contribution in [-0.4, -0.2) is 46.6 Å². The minimum absolute atomic E-state index is 0.0318. The third kappa shape index (κ3) is 3.68. The molecule has 1 aliphatic heterocycles. The number of hydrogen-bond acceptors (Lipinski definition) is 6. The smallest absolute Gasteiger partial charge is 0.343 e. The average molecular weight is 405 g/mol. The highest BCUT2D eigenvalue weighted by Gasteiger charge is 2.69. The van der Waals surface area contributed by atoms with Gasteiger partial charge in [-0.1, -0.05) is 45.4 Å². The SMILES string of the molecule is C[C@H](O)C/C=C/C=C/C(=O)O[C@@H]1C=C2COC(=O)[C@]2(O)[C@]2(C)CCCC(C)(C)[C@H]12. The Morgan fingerprint density at radius 2 is 2.07 bits per heavy atom. The van der Waals surface area contributed by atoms with Crippen LogP contribution in [0.4, 0.5) is 0 Å². The van der Waals surface area contributed by atoms with E-state index in [9.17, 15) is 19.8 Å². The molecule has 0 radical (unpaired) electrons. The number of fused-ring (bicyclic) bond motifs is 3. The van der Waals surface area contributed by atoms with Crippen molar-refractivity contribution in [1.82, 2.24) is 0 Å². The topological polar surface area (TPSA) is 93.1 Å². The molecule has 0 amide bonds. The molecule has 2 N–H and O–H groups in total. The Balaban J connectivity index is 1.87. The van der Waals surface area contributed by atoms with E-state index in [0.29, 0.717) is 18.4 Å². The summed E-state index contributed by atoms with van der Waals surface area (Å²) in [4.78, 5) is 25.0. The van der Waals surface area contributed by atoms with Gasteiger partial charge in [0, 0.05) is 23.0 Å². The van der Waals surface area contributed by atoms with Crippen LogP contribution in [0.5, 0.6) is 0 Å². The summed E-state index contributed by atoms with van der Waals surface area (Å²) in [7, 11) is 0. The second-order valence-corrected chi connectivity index (χ2v) is 9.49. The van der Waals surface area contributed by atoms with E-state index in [1.165, 1.54) is 6.08 Å². The van der Waals surface area contributed by atoms with Gasteiger partial charge < -0.3 is 19.7 Å². The predicted octanol–water partition coefficient (Wildman–Crippen LogP) is 2.84. The number of carbonyl (C=O) groups excluding carboxylic acids is 2. The van der Waals surface area contributed by atoms with Crippen LogP contribution in [0, 0.1) is 16.7 Å². The van der Waals surface area contributed by atoms with Crippen LogP contribution in [-0.2, 0) is 19.1 Å². The molecule has 5 atom stereocenters. The highest BCUT2D eigenvalue weighted by Crippen LogP contribution is 2.63. The van der Waals surface area contributed by atoms with Gasteiger partial charge in [0.15, 0.2) is 5.60 Å². The van der Waals surface area contributed by atoms with Gasteiger partial charge in [-0.15, -0.1) is 0 Å². The van der Waals surface area contributed by atoms with Crippen LogP contribution in [0.1, 0.15) is 53.4 Å². The van der Waals surface area contributed by atoms with Crippen molar-refractivity contribution >= 4 is 11.9 Å². The fraction of sp³-hybridized carbons (Fsp3) is 0.652. The van der Waals surface area contributed by atoms with Gasteiger partial charge in [0.05, 0.1) is 6.10 Å². The largest absolute Gasteiger partial charge is 0.459 e. The van der Waals surface area contributed by atoms with Crippen molar-refractivity contribution in [1.29, 1.82) is 0 Å². The van der Waals surface area contributed by atoms with Gasteiger partial charge >= 0.3 is 11.9 Å². The number of aliphatic hydroxyl groups excluding tert-OH is 1. The second-order valence-electron chi connectivity index (χ2n) is 9.49. The van der Waals surface area contributed by atoms with E-state index in [1.807, 2.05) is 6.92 Å². The molecule has 6 heteroatoms. The maximum atomic E-state index is 12.5. The van der Waals surface area contributed by atoms with Gasteiger partial charge in [-0.25, -0.2) is 9.59 Å². The Kier molecular flexibility index (Phi) is 5.80. The molecular formula is C23H32O6. The first-order valence-electron chi connectivity index (χ1n) is 10.3. The predicted molar refractivity (Wildman–Crippen MR) is 108 cm³/mol. The van der Waals surface area contributed by atoms with Crippen LogP contribution in [0.25, 0.3) is 0 Å². The Bertz CT molecular complexity index is 761. The summed E-state index contributed by atoms with van der Waals surface area (Å²) < 4.78 is 11.0. The van der Waals surface area contributed by atoms with Gasteiger partial charge in [-0.3, -0.25) is 0 Å². The number of ether oxygens (including phenoxy) is 2. The van der Waals surface area contributed by atoms with Crippen molar-refractivity contribution < 1.29 is 29.3 Å². The number of carbonyl (C=O) groups is 2. The number of allylic oxidation sites excluding steroid dienone is 2. The van der Waals surface area contributed by atoms with Crippen LogP contribution in [0.15, 0.2) is 36.0 Å². The highest BCUT2D eigenvalue weighted by atomic mass is 16.6. The van der Waals surface area contributed by atoms with E-state index < -0.39 is 35.2 Å². The summed E-state index contributed by atoms with van der Waals surface area (Å²) in [6.07, 6.45) is 10.1. The van der Waals surface area contributed by atoms with Crippen LogP contribution in [0.2, 0.25) is 0 Å². The van der Waals surface area contributed by atoms with Crippen molar-refractivity contribution in [2.24, 2.45) is 16.7 Å². The number of hydrogen-bond donors (Lipinski definition) is 2. The molecule has 2 aliphatic carbocycles. The highest BCUT2D eigenvalue weighted by molar-refractivity contribution is 5.88. The molecule has 1 saturated heterocycles. The lowest BCUT2D eigenvalue weighted by Gasteiger charge is -2.59. The lowest BCUT2D eigenvalue weighted by atomic mass is 9.46. The molecular weight excluding hydrogens is 372 g/mol. The zero-order valence-corrected chi connectivity index (χ0v) is 17.7. The minimum atomic E-state index is -1.65. The molecule has 160 valence electrons. The molecule has 29 heavy (non-hydrogen) atoms. The van der Waals surface area contributed by atoms with Gasteiger partial charge in [-0.2, -0.15) is 0 Å². The Hall–Kier alpha value is -1.92. The molecule has 0 spiro atoms. The third-order valence-corrected chi connectivity index (χ3v) is 6.89. The average Bonchev–Trinajstić information content (AvgIpc) is 2.90. The number of esters is 2. The first-order chi connectivity index (χ1) is 13.5. The molecule has 0 aromatic rings. The van der Waals surface area contributed by atoms with Crippen molar-refractivity contribution in [2.45, 2.75) is 71.2 Å². The number of cyclic esters (lactones) is 1. The standard InChI is InChI=1S/C23H32O6/c1-15(24)9-6-5-7-10-18(25)29-17-13-16-14-28-20(26)23(16,27)22(4)12-8-11-21(2,3)19(17)22/h5-7,10,13,15,17,19,24,27H,8-9,11-12,14H2,1-4H3/b6-5+,10-7+/t15-,17+,19-,22+,23-/m0/s1. The molecule has 0 aromatic carbocycles. The van der Waals surface area contributed by atoms with Crippen molar-refractivity contribution in [3.63, 3.8) is 0 Å². The quantitative estimate of drug-likeness (QED) is 0.317. The van der Waals surface area contributed by atoms with E-state index in [4.69, 9.17) is 9.47 Å². The van der Waals surface area contributed by atoms with Gasteiger partial charge in [0.25, 0.3) is 0 Å². The van der Waals surface area contributed by atoms with Crippen molar-refractivity contribution in [2.75, 3.05) is 6.61 Å². The molecule has 1 heterocycles. The molecule has 2 fully saturated rings. The fourth-order valence-corrected chi connectivity index (χ4v) is 5.61. The van der Waals surface area contributed by atoms with Gasteiger partial charge in [-0.05, 0) is 37.7 Å². The van der Waals surface area contributed by atoms with Crippen molar-refractivity contribution in [3.05, 3.63) is 36.0 Å². The normalized spacial score (nSPS) is 37.0. The first kappa shape index (κ1) is 21.8. The van der Waals surface area contributed by atoms with Gasteiger partial charge in [0.2, 0.25) is 0 Å². The van der Waals surface area contributed by atoms with E-state index in [0.717, 1.165) is 12.8 Å². The number of aliphatic hydroxyl groups is 2. The molecule has 0 unspecified atom stereocenters. The molecule has 3 rings (SSSR count). The van der Waals surface area contributed by atoms with Crippen molar-refractivity contribution in [3.8, 4) is 0 Å². The van der Waals surface area contributed by atoms with Crippen LogP contribution in [0.3, 0.4) is 0 Å². The summed E-state index contributed by atoms with van der Waals surface area (Å²) in [5.41, 5.74) is -2.15. The Labute approximate surface area is 172 Å². The van der Waals surface area contributed by atoms with E-state index in [1.54, 1.807) is 31.2 Å². The maximum Gasteiger partial charge on any atom is 0.343 e. The third-order valence-electron chi connectivity index (χ3n) is 6.89. The van der Waals surface area contributed by atoms with E-state index >= 15 is 0 Å². The summed E-state index contributed by atoms with van der Waals surface area (Å²) in [5.74, 6) is -1.29. The van der Waals surface area contributed by atoms with Crippen LogP contribution >= 0.6 is 0 Å². The summed E-state index contributed by atoms with van der Waals surface area (Å²) in [6, 6.07) is 0. The molecule has 6 nitrogen and oxygen atoms in total. The summed E-state index contributed by atoms with van der Waals surface area (Å²) >= 11 is 0. The molecule has 0 aromatic heterocycles. The Morgan fingerprint density at radius 3 is 2.76 bits per heavy atom. The zero-order valence-electron chi connectivity index (χ0n) is 17.7. The lowest BCUT2D eigenvalue weighted by molar-refractivity contribution is -0.194. The fourth-order valence-electron chi connectivity index (χ4n) is 5.61. The molecule has 0 bridgehead atoms. The maximum absolute atomic E-state index is 12.5. The molecule has 3 aliphatic rings. The monoisotopic (exact) mass is 404 g/mol. The lowest BCUT2D eigenvalue weighted by Crippen LogP contribution is -2.65. The van der Waals surface area contributed by atoms with E-state index in [2.05, 4.69) is 13.8 Å². The first-order valence-corrected chi connectivity index (χ1v) is 10.3. The minimum Gasteiger partial charge on any atom is -0.459 e. The molecule has 1 saturated carbocycles.